The lowest BCUT2D eigenvalue weighted by Gasteiger charge is -2.38. The van der Waals surface area contributed by atoms with Crippen molar-refractivity contribution in [3.8, 4) is 0 Å². The van der Waals surface area contributed by atoms with E-state index in [1.807, 2.05) is 0 Å². The van der Waals surface area contributed by atoms with Gasteiger partial charge >= 0.3 is 0 Å². The largest absolute Gasteiger partial charge is 0.368 e. The van der Waals surface area contributed by atoms with Crippen molar-refractivity contribution < 1.29 is 0 Å². The minimum atomic E-state index is 0.737. The standard InChI is InChI=1S/C17H28N2/c1-3-12-18-14-15-9-5-6-11-17(15)19-13-8-7-10-16(19)4-2/h5-6,9,11,16,18H,3-4,7-8,10,12-14H2,1-2H3. The highest BCUT2D eigenvalue weighted by Crippen LogP contribution is 2.29. The average molecular weight is 260 g/mol. The molecule has 2 rings (SSSR count). The fraction of sp³-hybridized carbons (Fsp3) is 0.647. The maximum absolute atomic E-state index is 3.54. The van der Waals surface area contributed by atoms with Crippen molar-refractivity contribution in [3.05, 3.63) is 29.8 Å². The van der Waals surface area contributed by atoms with Crippen molar-refractivity contribution in [3.63, 3.8) is 0 Å². The Morgan fingerprint density at radius 2 is 2.05 bits per heavy atom. The molecule has 2 heteroatoms. The van der Waals surface area contributed by atoms with E-state index in [1.54, 1.807) is 0 Å². The zero-order valence-electron chi connectivity index (χ0n) is 12.5. The number of anilines is 1. The smallest absolute Gasteiger partial charge is 0.0414 e. The molecule has 1 aromatic rings. The Labute approximate surface area is 118 Å². The van der Waals surface area contributed by atoms with Crippen LogP contribution in [0.5, 0.6) is 0 Å². The summed E-state index contributed by atoms with van der Waals surface area (Å²) in [5, 5.41) is 3.54. The fourth-order valence-electron chi connectivity index (χ4n) is 3.08. The topological polar surface area (TPSA) is 15.3 Å². The molecule has 1 unspecified atom stereocenters. The molecule has 1 aliphatic heterocycles. The summed E-state index contributed by atoms with van der Waals surface area (Å²) < 4.78 is 0. The normalized spacial score (nSPS) is 19.7. The first-order chi connectivity index (χ1) is 9.36. The van der Waals surface area contributed by atoms with E-state index < -0.39 is 0 Å². The van der Waals surface area contributed by atoms with E-state index in [9.17, 15) is 0 Å². The molecular weight excluding hydrogens is 232 g/mol. The number of nitrogens with zero attached hydrogens (tertiary/aromatic N) is 1. The zero-order valence-corrected chi connectivity index (χ0v) is 12.5. The predicted octanol–water partition coefficient (Wildman–Crippen LogP) is 3.96. The van der Waals surface area contributed by atoms with Crippen LogP contribution >= 0.6 is 0 Å². The van der Waals surface area contributed by atoms with Crippen molar-refractivity contribution in [2.45, 2.75) is 58.5 Å². The zero-order chi connectivity index (χ0) is 13.5. The summed E-state index contributed by atoms with van der Waals surface area (Å²) >= 11 is 0. The van der Waals surface area contributed by atoms with Crippen molar-refractivity contribution in [1.82, 2.24) is 5.32 Å². The fourth-order valence-corrected chi connectivity index (χ4v) is 3.08. The summed E-state index contributed by atoms with van der Waals surface area (Å²) in [6, 6.07) is 9.66. The van der Waals surface area contributed by atoms with E-state index in [-0.39, 0.29) is 0 Å². The van der Waals surface area contributed by atoms with Gasteiger partial charge in [-0.3, -0.25) is 0 Å². The monoisotopic (exact) mass is 260 g/mol. The van der Waals surface area contributed by atoms with E-state index in [2.05, 4.69) is 48.3 Å². The van der Waals surface area contributed by atoms with Crippen molar-refractivity contribution in [2.24, 2.45) is 0 Å². The van der Waals surface area contributed by atoms with Gasteiger partial charge in [-0.1, -0.05) is 32.0 Å². The molecular formula is C17H28N2. The SMILES string of the molecule is CCCNCc1ccccc1N1CCCCC1CC. The third-order valence-corrected chi connectivity index (χ3v) is 4.14. The van der Waals surface area contributed by atoms with E-state index in [0.717, 1.165) is 19.1 Å². The molecule has 1 fully saturated rings. The van der Waals surface area contributed by atoms with Crippen LogP contribution in [0.1, 0.15) is 51.5 Å². The van der Waals surface area contributed by atoms with E-state index in [0.29, 0.717) is 0 Å². The molecule has 106 valence electrons. The third kappa shape index (κ3) is 3.73. The van der Waals surface area contributed by atoms with E-state index >= 15 is 0 Å². The van der Waals surface area contributed by atoms with Gasteiger partial charge in [0.1, 0.15) is 0 Å². The summed E-state index contributed by atoms with van der Waals surface area (Å²) in [5.41, 5.74) is 2.91. The Balaban J connectivity index is 2.12. The van der Waals surface area contributed by atoms with Crippen molar-refractivity contribution >= 4 is 5.69 Å². The van der Waals surface area contributed by atoms with Crippen LogP contribution in [-0.4, -0.2) is 19.1 Å². The number of para-hydroxylation sites is 1. The Hall–Kier alpha value is -1.02. The van der Waals surface area contributed by atoms with Gasteiger partial charge in [-0.15, -0.1) is 0 Å². The van der Waals surface area contributed by atoms with Gasteiger partial charge in [-0.05, 0) is 50.3 Å². The molecule has 2 nitrogen and oxygen atoms in total. The highest BCUT2D eigenvalue weighted by Gasteiger charge is 2.22. The first kappa shape index (κ1) is 14.4. The van der Waals surface area contributed by atoms with E-state index in [1.165, 1.54) is 49.9 Å². The molecule has 1 N–H and O–H groups in total. The van der Waals surface area contributed by atoms with Crippen LogP contribution in [-0.2, 0) is 6.54 Å². The molecule has 1 aliphatic rings. The molecule has 0 radical (unpaired) electrons. The highest BCUT2D eigenvalue weighted by atomic mass is 15.2. The highest BCUT2D eigenvalue weighted by molar-refractivity contribution is 5.54. The van der Waals surface area contributed by atoms with Crippen molar-refractivity contribution in [2.75, 3.05) is 18.0 Å². The summed E-state index contributed by atoms with van der Waals surface area (Å²) in [6.45, 7) is 7.86. The Bertz CT molecular complexity index is 375. The lowest BCUT2D eigenvalue weighted by Crippen LogP contribution is -2.39. The maximum Gasteiger partial charge on any atom is 0.0414 e. The molecule has 0 amide bonds. The Morgan fingerprint density at radius 3 is 2.84 bits per heavy atom. The number of hydrogen-bond donors (Lipinski definition) is 1. The number of piperidine rings is 1. The van der Waals surface area contributed by atoms with Gasteiger partial charge in [0, 0.05) is 24.8 Å². The molecule has 0 aromatic heterocycles. The first-order valence-corrected chi connectivity index (χ1v) is 7.92. The second-order valence-electron chi connectivity index (χ2n) is 5.56. The third-order valence-electron chi connectivity index (χ3n) is 4.14. The summed E-state index contributed by atoms with van der Waals surface area (Å²) in [7, 11) is 0. The van der Waals surface area contributed by atoms with Crippen LogP contribution in [0.25, 0.3) is 0 Å². The predicted molar refractivity (Wildman–Crippen MR) is 83.7 cm³/mol. The summed E-state index contributed by atoms with van der Waals surface area (Å²) in [5.74, 6) is 0. The number of benzene rings is 1. The van der Waals surface area contributed by atoms with Gasteiger partial charge < -0.3 is 10.2 Å². The van der Waals surface area contributed by atoms with Gasteiger partial charge in [0.25, 0.3) is 0 Å². The lowest BCUT2D eigenvalue weighted by molar-refractivity contribution is 0.448. The first-order valence-electron chi connectivity index (χ1n) is 7.92. The summed E-state index contributed by atoms with van der Waals surface area (Å²) in [6.07, 6.45) is 6.55. The lowest BCUT2D eigenvalue weighted by atomic mass is 9.98. The van der Waals surface area contributed by atoms with Crippen LogP contribution in [0.4, 0.5) is 5.69 Å². The quantitative estimate of drug-likeness (QED) is 0.779. The van der Waals surface area contributed by atoms with Crippen LogP contribution < -0.4 is 10.2 Å². The molecule has 0 saturated carbocycles. The molecule has 0 bridgehead atoms. The number of rotatable bonds is 6. The molecule has 1 heterocycles. The van der Waals surface area contributed by atoms with Crippen LogP contribution in [0.15, 0.2) is 24.3 Å². The van der Waals surface area contributed by atoms with Gasteiger partial charge in [0.15, 0.2) is 0 Å². The molecule has 19 heavy (non-hydrogen) atoms. The number of nitrogens with one attached hydrogen (secondary N) is 1. The molecule has 0 spiro atoms. The maximum atomic E-state index is 3.54. The molecule has 1 saturated heterocycles. The molecule has 1 atom stereocenters. The van der Waals surface area contributed by atoms with Crippen LogP contribution in [0, 0.1) is 0 Å². The van der Waals surface area contributed by atoms with Gasteiger partial charge in [0.2, 0.25) is 0 Å². The van der Waals surface area contributed by atoms with Gasteiger partial charge in [-0.2, -0.15) is 0 Å². The van der Waals surface area contributed by atoms with E-state index in [4.69, 9.17) is 0 Å². The van der Waals surface area contributed by atoms with Crippen LogP contribution in [0.2, 0.25) is 0 Å². The minimum absolute atomic E-state index is 0.737. The van der Waals surface area contributed by atoms with Crippen molar-refractivity contribution in [1.29, 1.82) is 0 Å². The van der Waals surface area contributed by atoms with Gasteiger partial charge in [0.05, 0.1) is 0 Å². The van der Waals surface area contributed by atoms with Crippen LogP contribution in [0.3, 0.4) is 0 Å². The minimum Gasteiger partial charge on any atom is -0.368 e. The Kier molecular flexibility index (Phi) is 5.71. The second-order valence-corrected chi connectivity index (χ2v) is 5.56. The Morgan fingerprint density at radius 1 is 1.21 bits per heavy atom. The molecule has 0 aliphatic carbocycles. The average Bonchev–Trinajstić information content (AvgIpc) is 2.48. The summed E-state index contributed by atoms with van der Waals surface area (Å²) in [4.78, 5) is 2.65. The number of hydrogen-bond acceptors (Lipinski definition) is 2. The molecule has 1 aromatic carbocycles. The van der Waals surface area contributed by atoms with Gasteiger partial charge in [-0.25, -0.2) is 0 Å². The second kappa shape index (κ2) is 7.54.